The van der Waals surface area contributed by atoms with Crippen LogP contribution in [0.15, 0.2) is 36.4 Å². The van der Waals surface area contributed by atoms with Gasteiger partial charge < -0.3 is 10.6 Å². The predicted octanol–water partition coefficient (Wildman–Crippen LogP) is 4.23. The molecule has 0 radical (unpaired) electrons. The zero-order valence-corrected chi connectivity index (χ0v) is 11.1. The number of hydrogen-bond acceptors (Lipinski definition) is 1. The van der Waals surface area contributed by atoms with Gasteiger partial charge in [-0.05, 0) is 43.7 Å². The molecule has 2 aromatic rings. The average molecular weight is 276 g/mol. The van der Waals surface area contributed by atoms with Gasteiger partial charge in [0.25, 0.3) is 0 Å². The van der Waals surface area contributed by atoms with E-state index in [4.69, 9.17) is 0 Å². The summed E-state index contributed by atoms with van der Waals surface area (Å²) < 4.78 is 26.7. The fourth-order valence-corrected chi connectivity index (χ4v) is 1.70. The van der Waals surface area contributed by atoms with Crippen LogP contribution in [0.5, 0.6) is 0 Å². The number of rotatable bonds is 2. The summed E-state index contributed by atoms with van der Waals surface area (Å²) >= 11 is 0. The molecule has 0 atom stereocenters. The van der Waals surface area contributed by atoms with Crippen LogP contribution < -0.4 is 10.6 Å². The Morgan fingerprint density at radius 1 is 1.00 bits per heavy atom. The van der Waals surface area contributed by atoms with Crippen LogP contribution in [0.25, 0.3) is 0 Å². The van der Waals surface area contributed by atoms with Gasteiger partial charge in [-0.3, -0.25) is 0 Å². The van der Waals surface area contributed by atoms with Crippen molar-refractivity contribution < 1.29 is 13.6 Å². The van der Waals surface area contributed by atoms with Crippen molar-refractivity contribution in [1.29, 1.82) is 0 Å². The number of benzene rings is 2. The third-order valence-electron chi connectivity index (χ3n) is 2.95. The topological polar surface area (TPSA) is 41.1 Å². The van der Waals surface area contributed by atoms with Crippen molar-refractivity contribution in [3.63, 3.8) is 0 Å². The maximum absolute atomic E-state index is 13.4. The van der Waals surface area contributed by atoms with E-state index in [1.165, 1.54) is 18.2 Å². The second kappa shape index (κ2) is 5.69. The summed E-state index contributed by atoms with van der Waals surface area (Å²) in [5.74, 6) is -0.797. The Kier molecular flexibility index (Phi) is 3.98. The number of aryl methyl sites for hydroxylation is 1. The van der Waals surface area contributed by atoms with Crippen LogP contribution in [-0.2, 0) is 0 Å². The Labute approximate surface area is 115 Å². The van der Waals surface area contributed by atoms with Gasteiger partial charge >= 0.3 is 6.03 Å². The zero-order valence-electron chi connectivity index (χ0n) is 11.1. The molecule has 0 bridgehead atoms. The summed E-state index contributed by atoms with van der Waals surface area (Å²) in [6.45, 7) is 3.20. The first-order chi connectivity index (χ1) is 9.47. The maximum atomic E-state index is 13.4. The van der Waals surface area contributed by atoms with Crippen molar-refractivity contribution in [2.24, 2.45) is 0 Å². The van der Waals surface area contributed by atoms with Crippen molar-refractivity contribution in [2.45, 2.75) is 13.8 Å². The van der Waals surface area contributed by atoms with Gasteiger partial charge in [-0.2, -0.15) is 0 Å². The van der Waals surface area contributed by atoms with Crippen LogP contribution in [0.4, 0.5) is 25.0 Å². The third kappa shape index (κ3) is 3.12. The number of hydrogen-bond donors (Lipinski definition) is 2. The van der Waals surface area contributed by atoms with E-state index in [9.17, 15) is 13.6 Å². The lowest BCUT2D eigenvalue weighted by atomic mass is 10.2. The van der Waals surface area contributed by atoms with E-state index < -0.39 is 17.7 Å². The number of urea groups is 1. The Bertz CT molecular complexity index is 656. The van der Waals surface area contributed by atoms with E-state index in [2.05, 4.69) is 10.6 Å². The number of carbonyl (C=O) groups is 1. The number of carbonyl (C=O) groups excluding carboxylic acids is 1. The van der Waals surface area contributed by atoms with E-state index in [1.807, 2.05) is 0 Å². The zero-order chi connectivity index (χ0) is 14.7. The Morgan fingerprint density at radius 3 is 2.45 bits per heavy atom. The largest absolute Gasteiger partial charge is 0.323 e. The Morgan fingerprint density at radius 2 is 1.75 bits per heavy atom. The summed E-state index contributed by atoms with van der Waals surface area (Å²) in [7, 11) is 0. The highest BCUT2D eigenvalue weighted by molar-refractivity contribution is 6.00. The molecule has 0 aliphatic carbocycles. The molecular weight excluding hydrogens is 262 g/mol. The molecule has 2 amide bonds. The van der Waals surface area contributed by atoms with Gasteiger partial charge in [-0.15, -0.1) is 0 Å². The fraction of sp³-hybridized carbons (Fsp3) is 0.133. The first-order valence-electron chi connectivity index (χ1n) is 6.06. The van der Waals surface area contributed by atoms with E-state index in [0.29, 0.717) is 22.5 Å². The molecule has 0 aromatic heterocycles. The van der Waals surface area contributed by atoms with Crippen molar-refractivity contribution in [2.75, 3.05) is 10.6 Å². The van der Waals surface area contributed by atoms with Gasteiger partial charge in [-0.25, -0.2) is 13.6 Å². The first kappa shape index (κ1) is 14.0. The average Bonchev–Trinajstić information content (AvgIpc) is 2.39. The standard InChI is InChI=1S/C15H14F2N2O/c1-9-6-7-11(8-13(9)17)18-15(20)19-14-5-3-4-12(16)10(14)2/h3-8H,1-2H3,(H2,18,19,20). The van der Waals surface area contributed by atoms with E-state index in [0.717, 1.165) is 0 Å². The third-order valence-corrected chi connectivity index (χ3v) is 2.95. The van der Waals surface area contributed by atoms with Crippen LogP contribution in [-0.4, -0.2) is 6.03 Å². The molecule has 0 heterocycles. The molecule has 104 valence electrons. The minimum absolute atomic E-state index is 0.333. The van der Waals surface area contributed by atoms with E-state index in [1.54, 1.807) is 32.0 Å². The maximum Gasteiger partial charge on any atom is 0.323 e. The summed E-state index contributed by atoms with van der Waals surface area (Å²) in [6.07, 6.45) is 0. The summed E-state index contributed by atoms with van der Waals surface area (Å²) in [5.41, 5.74) is 1.55. The highest BCUT2D eigenvalue weighted by Crippen LogP contribution is 2.18. The molecule has 0 fully saturated rings. The lowest BCUT2D eigenvalue weighted by Crippen LogP contribution is -2.20. The lowest BCUT2D eigenvalue weighted by molar-refractivity contribution is 0.262. The minimum Gasteiger partial charge on any atom is -0.308 e. The van der Waals surface area contributed by atoms with Crippen LogP contribution in [0.1, 0.15) is 11.1 Å². The van der Waals surface area contributed by atoms with Crippen LogP contribution in [0.2, 0.25) is 0 Å². The normalized spacial score (nSPS) is 10.2. The van der Waals surface area contributed by atoms with Gasteiger partial charge in [0.15, 0.2) is 0 Å². The number of nitrogens with one attached hydrogen (secondary N) is 2. The molecule has 20 heavy (non-hydrogen) atoms. The highest BCUT2D eigenvalue weighted by atomic mass is 19.1. The fourth-order valence-electron chi connectivity index (χ4n) is 1.70. The lowest BCUT2D eigenvalue weighted by Gasteiger charge is -2.10. The van der Waals surface area contributed by atoms with Crippen LogP contribution in [0, 0.1) is 25.5 Å². The molecule has 0 unspecified atom stereocenters. The molecule has 5 heteroatoms. The van der Waals surface area contributed by atoms with Gasteiger partial charge in [-0.1, -0.05) is 12.1 Å². The molecule has 0 aliphatic rings. The SMILES string of the molecule is Cc1ccc(NC(=O)Nc2cccc(F)c2C)cc1F. The van der Waals surface area contributed by atoms with Gasteiger partial charge in [0, 0.05) is 16.9 Å². The minimum atomic E-state index is -0.554. The Balaban J connectivity index is 2.09. The molecule has 2 N–H and O–H groups in total. The van der Waals surface area contributed by atoms with Gasteiger partial charge in [0.2, 0.25) is 0 Å². The van der Waals surface area contributed by atoms with Crippen LogP contribution >= 0.6 is 0 Å². The molecule has 2 rings (SSSR count). The van der Waals surface area contributed by atoms with Crippen molar-refractivity contribution >= 4 is 17.4 Å². The quantitative estimate of drug-likeness (QED) is 0.847. The smallest absolute Gasteiger partial charge is 0.308 e. The molecule has 0 spiro atoms. The molecule has 3 nitrogen and oxygen atoms in total. The first-order valence-corrected chi connectivity index (χ1v) is 6.06. The van der Waals surface area contributed by atoms with Gasteiger partial charge in [0.05, 0.1) is 0 Å². The number of halogens is 2. The molecule has 0 saturated heterocycles. The van der Waals surface area contributed by atoms with E-state index in [-0.39, 0.29) is 0 Å². The monoisotopic (exact) mass is 276 g/mol. The van der Waals surface area contributed by atoms with Crippen LogP contribution in [0.3, 0.4) is 0 Å². The summed E-state index contributed by atoms with van der Waals surface area (Å²) in [6, 6.07) is 8.24. The van der Waals surface area contributed by atoms with Crippen molar-refractivity contribution in [3.05, 3.63) is 59.2 Å². The van der Waals surface area contributed by atoms with Crippen molar-refractivity contribution in [3.8, 4) is 0 Å². The highest BCUT2D eigenvalue weighted by Gasteiger charge is 2.08. The molecule has 0 aliphatic heterocycles. The molecule has 0 saturated carbocycles. The second-order valence-electron chi connectivity index (χ2n) is 4.46. The predicted molar refractivity (Wildman–Crippen MR) is 74.9 cm³/mol. The van der Waals surface area contributed by atoms with E-state index >= 15 is 0 Å². The molecule has 2 aromatic carbocycles. The second-order valence-corrected chi connectivity index (χ2v) is 4.46. The number of anilines is 2. The van der Waals surface area contributed by atoms with Gasteiger partial charge in [0.1, 0.15) is 11.6 Å². The number of amides is 2. The summed E-state index contributed by atoms with van der Waals surface area (Å²) in [5, 5.41) is 5.01. The summed E-state index contributed by atoms with van der Waals surface area (Å²) in [4.78, 5) is 11.8. The molecular formula is C15H14F2N2O. The Hall–Kier alpha value is -2.43. The van der Waals surface area contributed by atoms with Crippen molar-refractivity contribution in [1.82, 2.24) is 0 Å².